The quantitative estimate of drug-likeness (QED) is 0.844. The van der Waals surface area contributed by atoms with Gasteiger partial charge in [0.2, 0.25) is 0 Å². The third-order valence-corrected chi connectivity index (χ3v) is 4.43. The molecule has 0 spiro atoms. The van der Waals surface area contributed by atoms with Gasteiger partial charge in [0.1, 0.15) is 0 Å². The van der Waals surface area contributed by atoms with E-state index in [0.717, 1.165) is 6.07 Å². The molecule has 3 nitrogen and oxygen atoms in total. The molecular weight excluding hydrogens is 334 g/mol. The summed E-state index contributed by atoms with van der Waals surface area (Å²) in [6.07, 6.45) is 0. The van der Waals surface area contributed by atoms with Crippen molar-refractivity contribution in [1.82, 2.24) is 9.80 Å². The molecule has 1 aliphatic rings. The Morgan fingerprint density at radius 2 is 1.67 bits per heavy atom. The molecule has 126 valence electrons. The summed E-state index contributed by atoms with van der Waals surface area (Å²) in [5.74, 6) is -1.66. The Bertz CT molecular complexity index is 728. The van der Waals surface area contributed by atoms with Gasteiger partial charge in [-0.1, -0.05) is 23.7 Å². The molecule has 0 unspecified atom stereocenters. The molecule has 0 aliphatic carbocycles. The average Bonchev–Trinajstić information content (AvgIpc) is 2.60. The van der Waals surface area contributed by atoms with Crippen LogP contribution >= 0.6 is 11.6 Å². The molecule has 24 heavy (non-hydrogen) atoms. The van der Waals surface area contributed by atoms with Gasteiger partial charge >= 0.3 is 0 Å². The molecule has 6 heteroatoms. The van der Waals surface area contributed by atoms with Crippen LogP contribution in [0, 0.1) is 11.6 Å². The van der Waals surface area contributed by atoms with E-state index in [0.29, 0.717) is 48.9 Å². The molecular formula is C18H17ClF2N2O. The number of hydrogen-bond acceptors (Lipinski definition) is 2. The lowest BCUT2D eigenvalue weighted by Crippen LogP contribution is -2.48. The van der Waals surface area contributed by atoms with Crippen LogP contribution in [0.5, 0.6) is 0 Å². The number of carbonyl (C=O) groups excluding carboxylic acids is 1. The van der Waals surface area contributed by atoms with Crippen LogP contribution in [0.25, 0.3) is 0 Å². The monoisotopic (exact) mass is 350 g/mol. The lowest BCUT2D eigenvalue weighted by molar-refractivity contribution is 0.0627. The highest BCUT2D eigenvalue weighted by Crippen LogP contribution is 2.16. The van der Waals surface area contributed by atoms with Crippen LogP contribution in [0.1, 0.15) is 15.9 Å². The Morgan fingerprint density at radius 1 is 1.00 bits per heavy atom. The maximum absolute atomic E-state index is 13.7. The van der Waals surface area contributed by atoms with Crippen molar-refractivity contribution in [3.8, 4) is 0 Å². The number of nitrogens with zero attached hydrogens (tertiary/aromatic N) is 2. The van der Waals surface area contributed by atoms with Crippen LogP contribution in [0.2, 0.25) is 5.02 Å². The Labute approximate surface area is 144 Å². The van der Waals surface area contributed by atoms with E-state index in [1.54, 1.807) is 35.2 Å². The van der Waals surface area contributed by atoms with E-state index in [9.17, 15) is 13.6 Å². The van der Waals surface area contributed by atoms with E-state index >= 15 is 0 Å². The lowest BCUT2D eigenvalue weighted by Gasteiger charge is -2.34. The van der Waals surface area contributed by atoms with E-state index in [4.69, 9.17) is 11.6 Å². The number of piperazine rings is 1. The highest BCUT2D eigenvalue weighted by Gasteiger charge is 2.23. The Kier molecular flexibility index (Phi) is 5.11. The van der Waals surface area contributed by atoms with Crippen molar-refractivity contribution in [1.29, 1.82) is 0 Å². The molecule has 1 amide bonds. The summed E-state index contributed by atoms with van der Waals surface area (Å²) < 4.78 is 27.0. The van der Waals surface area contributed by atoms with Gasteiger partial charge in [-0.05, 0) is 30.3 Å². The summed E-state index contributed by atoms with van der Waals surface area (Å²) in [4.78, 5) is 16.2. The number of halogens is 3. The van der Waals surface area contributed by atoms with Gasteiger partial charge < -0.3 is 4.90 Å². The summed E-state index contributed by atoms with van der Waals surface area (Å²) in [6.45, 7) is 2.69. The molecule has 0 bridgehead atoms. The predicted molar refractivity (Wildman–Crippen MR) is 89.0 cm³/mol. The zero-order valence-electron chi connectivity index (χ0n) is 13.0. The highest BCUT2D eigenvalue weighted by molar-refractivity contribution is 6.30. The van der Waals surface area contributed by atoms with E-state index < -0.39 is 11.6 Å². The molecule has 1 saturated heterocycles. The second kappa shape index (κ2) is 7.28. The van der Waals surface area contributed by atoms with Gasteiger partial charge in [0.05, 0.1) is 0 Å². The number of benzene rings is 2. The fraction of sp³-hybridized carbons (Fsp3) is 0.278. The molecule has 2 aromatic carbocycles. The second-order valence-electron chi connectivity index (χ2n) is 5.79. The van der Waals surface area contributed by atoms with Crippen molar-refractivity contribution in [3.05, 3.63) is 70.2 Å². The Hall–Kier alpha value is -1.98. The van der Waals surface area contributed by atoms with Crippen molar-refractivity contribution >= 4 is 17.5 Å². The third-order valence-electron chi connectivity index (χ3n) is 4.18. The Balaban J connectivity index is 1.58. The maximum Gasteiger partial charge on any atom is 0.253 e. The summed E-state index contributed by atoms with van der Waals surface area (Å²) in [5, 5.41) is 0.591. The average molecular weight is 351 g/mol. The van der Waals surface area contributed by atoms with E-state index in [1.165, 1.54) is 6.07 Å². The molecule has 0 N–H and O–H groups in total. The maximum atomic E-state index is 13.7. The molecule has 0 radical (unpaired) electrons. The van der Waals surface area contributed by atoms with Crippen LogP contribution in [0.3, 0.4) is 0 Å². The summed E-state index contributed by atoms with van der Waals surface area (Å²) in [5.41, 5.74) is 0.941. The normalized spacial score (nSPS) is 15.5. The van der Waals surface area contributed by atoms with Crippen LogP contribution in [0.4, 0.5) is 8.78 Å². The van der Waals surface area contributed by atoms with Gasteiger partial charge in [0.25, 0.3) is 5.91 Å². The standard InChI is InChI=1S/C18H17ClF2N2O/c19-15-6-4-13(5-7-15)18(24)23-10-8-22(9-11-23)12-14-2-1-3-16(20)17(14)21/h1-7H,8-12H2. The van der Waals surface area contributed by atoms with Crippen molar-refractivity contribution in [3.63, 3.8) is 0 Å². The van der Waals surface area contributed by atoms with Crippen molar-refractivity contribution < 1.29 is 13.6 Å². The van der Waals surface area contributed by atoms with Crippen molar-refractivity contribution in [2.45, 2.75) is 6.54 Å². The minimum Gasteiger partial charge on any atom is -0.336 e. The number of rotatable bonds is 3. The van der Waals surface area contributed by atoms with Gasteiger partial charge in [0.15, 0.2) is 11.6 Å². The van der Waals surface area contributed by atoms with E-state index in [2.05, 4.69) is 0 Å². The van der Waals surface area contributed by atoms with Gasteiger partial charge in [-0.3, -0.25) is 9.69 Å². The van der Waals surface area contributed by atoms with Crippen LogP contribution in [0.15, 0.2) is 42.5 Å². The predicted octanol–water partition coefficient (Wildman–Crippen LogP) is 3.58. The topological polar surface area (TPSA) is 23.6 Å². The fourth-order valence-electron chi connectivity index (χ4n) is 2.80. The Morgan fingerprint density at radius 3 is 2.33 bits per heavy atom. The molecule has 1 fully saturated rings. The van der Waals surface area contributed by atoms with E-state index in [-0.39, 0.29) is 5.91 Å². The largest absolute Gasteiger partial charge is 0.336 e. The van der Waals surface area contributed by atoms with Gasteiger partial charge in [0, 0.05) is 48.9 Å². The first-order chi connectivity index (χ1) is 11.5. The number of carbonyl (C=O) groups is 1. The zero-order chi connectivity index (χ0) is 17.1. The molecule has 0 atom stereocenters. The zero-order valence-corrected chi connectivity index (χ0v) is 13.8. The minimum atomic E-state index is -0.830. The highest BCUT2D eigenvalue weighted by atomic mass is 35.5. The van der Waals surface area contributed by atoms with E-state index in [1.807, 2.05) is 4.90 Å². The molecule has 1 heterocycles. The first kappa shape index (κ1) is 16.9. The summed E-state index contributed by atoms with van der Waals surface area (Å²) in [7, 11) is 0. The minimum absolute atomic E-state index is 0.0387. The molecule has 2 aromatic rings. The van der Waals surface area contributed by atoms with Gasteiger partial charge in [-0.15, -0.1) is 0 Å². The molecule has 3 rings (SSSR count). The van der Waals surface area contributed by atoms with Crippen LogP contribution < -0.4 is 0 Å². The molecule has 0 aromatic heterocycles. The first-order valence-electron chi connectivity index (χ1n) is 7.74. The molecule has 0 saturated carbocycles. The van der Waals surface area contributed by atoms with Crippen LogP contribution in [-0.2, 0) is 6.54 Å². The summed E-state index contributed by atoms with van der Waals surface area (Å²) >= 11 is 5.83. The molecule has 1 aliphatic heterocycles. The van der Waals surface area contributed by atoms with Crippen molar-refractivity contribution in [2.24, 2.45) is 0 Å². The van der Waals surface area contributed by atoms with Crippen molar-refractivity contribution in [2.75, 3.05) is 26.2 Å². The van der Waals surface area contributed by atoms with Crippen LogP contribution in [-0.4, -0.2) is 41.9 Å². The first-order valence-corrected chi connectivity index (χ1v) is 8.12. The number of amides is 1. The number of hydrogen-bond donors (Lipinski definition) is 0. The SMILES string of the molecule is O=C(c1ccc(Cl)cc1)N1CCN(Cc2cccc(F)c2F)CC1. The smallest absolute Gasteiger partial charge is 0.253 e. The summed E-state index contributed by atoms with van der Waals surface area (Å²) in [6, 6.07) is 11.0. The fourth-order valence-corrected chi connectivity index (χ4v) is 2.92. The van der Waals surface area contributed by atoms with Gasteiger partial charge in [-0.25, -0.2) is 8.78 Å². The van der Waals surface area contributed by atoms with Gasteiger partial charge in [-0.2, -0.15) is 0 Å². The second-order valence-corrected chi connectivity index (χ2v) is 6.22. The third kappa shape index (κ3) is 3.74. The lowest BCUT2D eigenvalue weighted by atomic mass is 10.1.